The number of benzene rings is 2. The summed E-state index contributed by atoms with van der Waals surface area (Å²) in [7, 11) is 3.57. The normalized spacial score (nSPS) is 10.4. The third-order valence-corrected chi connectivity index (χ3v) is 5.13. The second-order valence-electron chi connectivity index (χ2n) is 8.00. The van der Waals surface area contributed by atoms with E-state index in [9.17, 15) is 9.59 Å². The minimum absolute atomic E-state index is 0.242. The van der Waals surface area contributed by atoms with E-state index in [1.54, 1.807) is 85.9 Å². The molecular formula is C26H30N6O3. The van der Waals surface area contributed by atoms with Crippen LogP contribution in [0.4, 0.5) is 11.5 Å². The summed E-state index contributed by atoms with van der Waals surface area (Å²) in [6, 6.07) is 16.8. The number of nitrogens with zero attached hydrogens (tertiary/aromatic N) is 2. The van der Waals surface area contributed by atoms with Crippen LogP contribution in [0.5, 0.6) is 5.75 Å². The van der Waals surface area contributed by atoms with E-state index in [0.717, 1.165) is 12.8 Å². The van der Waals surface area contributed by atoms with E-state index in [0.29, 0.717) is 47.4 Å². The summed E-state index contributed by atoms with van der Waals surface area (Å²) >= 11 is 0. The van der Waals surface area contributed by atoms with Crippen molar-refractivity contribution in [1.29, 1.82) is 5.41 Å². The van der Waals surface area contributed by atoms with Crippen molar-refractivity contribution in [2.24, 2.45) is 5.73 Å². The van der Waals surface area contributed by atoms with Gasteiger partial charge in [-0.25, -0.2) is 4.98 Å². The number of hydrogen-bond donors (Lipinski definition) is 4. The first-order chi connectivity index (χ1) is 16.9. The van der Waals surface area contributed by atoms with E-state index in [4.69, 9.17) is 15.9 Å². The van der Waals surface area contributed by atoms with E-state index < -0.39 is 5.91 Å². The van der Waals surface area contributed by atoms with Crippen molar-refractivity contribution < 1.29 is 14.3 Å². The van der Waals surface area contributed by atoms with Gasteiger partial charge in [0.1, 0.15) is 17.4 Å². The number of nitrogens with one attached hydrogen (secondary N) is 3. The van der Waals surface area contributed by atoms with Crippen LogP contribution >= 0.6 is 0 Å². The molecule has 0 aliphatic carbocycles. The van der Waals surface area contributed by atoms with Crippen molar-refractivity contribution in [2.45, 2.75) is 12.8 Å². The number of carbonyl (C=O) groups is 2. The topological polar surface area (TPSA) is 133 Å². The lowest BCUT2D eigenvalue weighted by atomic mass is 10.1. The molecule has 0 atom stereocenters. The van der Waals surface area contributed by atoms with Gasteiger partial charge in [-0.05, 0) is 61.9 Å². The second kappa shape index (κ2) is 12.3. The summed E-state index contributed by atoms with van der Waals surface area (Å²) < 4.78 is 5.76. The molecule has 0 radical (unpaired) electrons. The Bertz CT molecular complexity index is 1160. The first-order valence-corrected chi connectivity index (χ1v) is 11.3. The highest BCUT2D eigenvalue weighted by Gasteiger charge is 2.17. The smallest absolute Gasteiger partial charge is 0.259 e. The number of rotatable bonds is 10. The van der Waals surface area contributed by atoms with Gasteiger partial charge >= 0.3 is 0 Å². The van der Waals surface area contributed by atoms with Gasteiger partial charge in [0.2, 0.25) is 0 Å². The van der Waals surface area contributed by atoms with Gasteiger partial charge in [-0.3, -0.25) is 15.0 Å². The fourth-order valence-corrected chi connectivity index (χ4v) is 3.20. The summed E-state index contributed by atoms with van der Waals surface area (Å²) in [5.41, 5.74) is 7.20. The molecular weight excluding hydrogens is 444 g/mol. The Labute approximate surface area is 204 Å². The molecule has 182 valence electrons. The molecule has 0 saturated carbocycles. The van der Waals surface area contributed by atoms with Crippen LogP contribution in [0.1, 0.15) is 39.1 Å². The molecule has 0 aliphatic heterocycles. The van der Waals surface area contributed by atoms with E-state index in [-0.39, 0.29) is 11.5 Å². The lowest BCUT2D eigenvalue weighted by molar-refractivity contribution is 0.102. The van der Waals surface area contributed by atoms with Crippen LogP contribution in [0.2, 0.25) is 0 Å². The largest absolute Gasteiger partial charge is 0.494 e. The Morgan fingerprint density at radius 2 is 1.71 bits per heavy atom. The Hall–Kier alpha value is -4.24. The predicted octanol–water partition coefficient (Wildman–Crippen LogP) is 3.59. The minimum atomic E-state index is -0.429. The highest BCUT2D eigenvalue weighted by Crippen LogP contribution is 2.24. The molecule has 9 heteroatoms. The van der Waals surface area contributed by atoms with Gasteiger partial charge in [0.15, 0.2) is 0 Å². The standard InChI is InChI=1S/C26H30N6O3/c1-32(2)24(28)18-8-10-19(11-9-18)25(33)30-22-13-12-20(35-16-6-4-14-27)17-21(22)26(34)31-23-7-3-5-15-29-23/h3,5,7-13,15,17,28H,4,6,14,16,27H2,1-2H3,(H,30,33)(H,29,31,34). The number of aromatic nitrogens is 1. The maximum absolute atomic E-state index is 13.1. The van der Waals surface area contributed by atoms with Gasteiger partial charge in [-0.15, -0.1) is 0 Å². The zero-order chi connectivity index (χ0) is 25.2. The monoisotopic (exact) mass is 474 g/mol. The molecule has 3 rings (SSSR count). The predicted molar refractivity (Wildman–Crippen MR) is 137 cm³/mol. The number of ether oxygens (including phenoxy) is 1. The molecule has 0 saturated heterocycles. The molecule has 9 nitrogen and oxygen atoms in total. The number of amidine groups is 1. The number of unbranched alkanes of at least 4 members (excludes halogenated alkanes) is 1. The Morgan fingerprint density at radius 3 is 2.37 bits per heavy atom. The molecule has 1 heterocycles. The van der Waals surface area contributed by atoms with Crippen LogP contribution in [-0.4, -0.2) is 54.8 Å². The number of amides is 2. The van der Waals surface area contributed by atoms with Gasteiger partial charge < -0.3 is 26.0 Å². The number of hydrogen-bond acceptors (Lipinski definition) is 6. The average molecular weight is 475 g/mol. The van der Waals surface area contributed by atoms with Crippen LogP contribution in [0.3, 0.4) is 0 Å². The number of pyridine rings is 1. The van der Waals surface area contributed by atoms with E-state index in [1.165, 1.54) is 0 Å². The molecule has 2 amide bonds. The Balaban J connectivity index is 1.81. The molecule has 1 aromatic heterocycles. The first kappa shape index (κ1) is 25.4. The van der Waals surface area contributed by atoms with Crippen LogP contribution in [0, 0.1) is 5.41 Å². The van der Waals surface area contributed by atoms with Crippen LogP contribution in [0.25, 0.3) is 0 Å². The fraction of sp³-hybridized carbons (Fsp3) is 0.231. The maximum Gasteiger partial charge on any atom is 0.259 e. The molecule has 3 aromatic rings. The minimum Gasteiger partial charge on any atom is -0.494 e. The SMILES string of the molecule is CN(C)C(=N)c1ccc(C(=O)Nc2ccc(OCCCCN)cc2C(=O)Nc2ccccn2)cc1. The molecule has 0 fully saturated rings. The lowest BCUT2D eigenvalue weighted by Crippen LogP contribution is -2.22. The van der Waals surface area contributed by atoms with E-state index in [1.807, 2.05) is 0 Å². The van der Waals surface area contributed by atoms with Crippen molar-refractivity contribution in [2.75, 3.05) is 37.9 Å². The summed E-state index contributed by atoms with van der Waals surface area (Å²) in [5.74, 6) is 0.436. The Morgan fingerprint density at radius 1 is 0.971 bits per heavy atom. The zero-order valence-electron chi connectivity index (χ0n) is 19.9. The van der Waals surface area contributed by atoms with Gasteiger partial charge in [-0.2, -0.15) is 0 Å². The van der Waals surface area contributed by atoms with E-state index in [2.05, 4.69) is 15.6 Å². The van der Waals surface area contributed by atoms with Crippen LogP contribution in [0.15, 0.2) is 66.9 Å². The number of carbonyl (C=O) groups excluding carboxylic acids is 2. The van der Waals surface area contributed by atoms with Crippen molar-refractivity contribution in [1.82, 2.24) is 9.88 Å². The van der Waals surface area contributed by atoms with Gasteiger partial charge in [0.05, 0.1) is 17.9 Å². The third-order valence-electron chi connectivity index (χ3n) is 5.13. The Kier molecular flexibility index (Phi) is 8.91. The number of anilines is 2. The maximum atomic E-state index is 13.1. The van der Waals surface area contributed by atoms with Crippen molar-refractivity contribution >= 4 is 29.2 Å². The van der Waals surface area contributed by atoms with Crippen LogP contribution in [-0.2, 0) is 0 Å². The molecule has 0 unspecified atom stereocenters. The summed E-state index contributed by atoms with van der Waals surface area (Å²) in [4.78, 5) is 31.8. The fourth-order valence-electron chi connectivity index (χ4n) is 3.20. The molecule has 0 spiro atoms. The van der Waals surface area contributed by atoms with Crippen molar-refractivity contribution in [3.8, 4) is 5.75 Å². The second-order valence-corrected chi connectivity index (χ2v) is 8.00. The van der Waals surface area contributed by atoms with Gasteiger partial charge in [-0.1, -0.05) is 18.2 Å². The molecule has 0 aliphatic rings. The molecule has 2 aromatic carbocycles. The van der Waals surface area contributed by atoms with Gasteiger partial charge in [0.25, 0.3) is 11.8 Å². The van der Waals surface area contributed by atoms with E-state index >= 15 is 0 Å². The summed E-state index contributed by atoms with van der Waals surface area (Å²) in [6.45, 7) is 1.06. The average Bonchev–Trinajstić information content (AvgIpc) is 2.87. The zero-order valence-corrected chi connectivity index (χ0v) is 19.9. The highest BCUT2D eigenvalue weighted by molar-refractivity contribution is 6.12. The van der Waals surface area contributed by atoms with Crippen molar-refractivity contribution in [3.63, 3.8) is 0 Å². The van der Waals surface area contributed by atoms with Crippen LogP contribution < -0.4 is 21.1 Å². The first-order valence-electron chi connectivity index (χ1n) is 11.3. The third kappa shape index (κ3) is 7.12. The van der Waals surface area contributed by atoms with Gasteiger partial charge in [0, 0.05) is 31.4 Å². The van der Waals surface area contributed by atoms with Crippen molar-refractivity contribution in [3.05, 3.63) is 83.6 Å². The summed E-state index contributed by atoms with van der Waals surface area (Å²) in [6.07, 6.45) is 3.22. The molecule has 35 heavy (non-hydrogen) atoms. The summed E-state index contributed by atoms with van der Waals surface area (Å²) in [5, 5.41) is 13.6. The molecule has 0 bridgehead atoms. The lowest BCUT2D eigenvalue weighted by Gasteiger charge is -2.15. The quantitative estimate of drug-likeness (QED) is 0.202. The number of nitrogens with two attached hydrogens (primary N) is 1. The molecule has 5 N–H and O–H groups in total. The highest BCUT2D eigenvalue weighted by atomic mass is 16.5.